The van der Waals surface area contributed by atoms with Gasteiger partial charge in [0.05, 0.1) is 5.75 Å². The summed E-state index contributed by atoms with van der Waals surface area (Å²) in [7, 11) is -0.559. The first-order chi connectivity index (χ1) is 14.1. The van der Waals surface area contributed by atoms with E-state index in [0.29, 0.717) is 5.69 Å². The number of nitrogens with zero attached hydrogens (tertiary/aromatic N) is 6. The van der Waals surface area contributed by atoms with E-state index in [1.807, 2.05) is 5.32 Å². The number of aromatic nitrogens is 6. The van der Waals surface area contributed by atoms with Crippen LogP contribution in [0.3, 0.4) is 0 Å². The van der Waals surface area contributed by atoms with Gasteiger partial charge in [-0.1, -0.05) is 10.4 Å². The van der Waals surface area contributed by atoms with Crippen LogP contribution in [0.4, 0.5) is 0 Å². The third kappa shape index (κ3) is 4.70. The minimum absolute atomic E-state index is 0.0208. The summed E-state index contributed by atoms with van der Waals surface area (Å²) in [6.07, 6.45) is 3.00. The Morgan fingerprint density at radius 2 is 1.50 bits per heavy atom. The molecule has 0 aliphatic carbocycles. The molecule has 0 radical (unpaired) electrons. The van der Waals surface area contributed by atoms with E-state index in [0.717, 1.165) is 0 Å². The van der Waals surface area contributed by atoms with Gasteiger partial charge in [-0.05, 0) is 0 Å². The number of carbonyl (C=O) groups is 4. The molecule has 4 heterocycles. The van der Waals surface area contributed by atoms with Gasteiger partial charge < -0.3 is 0 Å². The van der Waals surface area contributed by atoms with Crippen LogP contribution in [0.5, 0.6) is 0 Å². The van der Waals surface area contributed by atoms with Gasteiger partial charge in [0.2, 0.25) is 17.7 Å². The summed E-state index contributed by atoms with van der Waals surface area (Å²) in [5, 5.41) is 17.0. The molecule has 4 amide bonds. The predicted molar refractivity (Wildman–Crippen MR) is 100 cm³/mol. The van der Waals surface area contributed by atoms with Gasteiger partial charge in [0.1, 0.15) is 22.4 Å². The van der Waals surface area contributed by atoms with Crippen molar-refractivity contribution in [1.29, 1.82) is 0 Å². The molecule has 2 aliphatic heterocycles. The van der Waals surface area contributed by atoms with Crippen molar-refractivity contribution >= 4 is 45.2 Å². The Morgan fingerprint density at radius 1 is 0.933 bits per heavy atom. The van der Waals surface area contributed by atoms with Crippen LogP contribution in [0, 0.1) is 0 Å². The van der Waals surface area contributed by atoms with Gasteiger partial charge in [-0.25, -0.2) is 8.42 Å². The SMILES string of the molecule is Cn1cc(C2C(=O)NC(=O)CS2(=O)=O)nn1.Cn1cc(C2SCC(=O)NC2=O)nn1. The number of imide groups is 2. The maximum absolute atomic E-state index is 11.7. The summed E-state index contributed by atoms with van der Waals surface area (Å²) in [5.41, 5.74) is 0.606. The molecule has 4 rings (SSSR count). The molecule has 0 saturated carbocycles. The van der Waals surface area contributed by atoms with E-state index < -0.39 is 37.9 Å². The van der Waals surface area contributed by atoms with Crippen LogP contribution in [-0.4, -0.2) is 73.5 Å². The van der Waals surface area contributed by atoms with Crippen LogP contribution in [-0.2, 0) is 43.1 Å². The molecule has 2 aromatic heterocycles. The molecule has 2 aromatic rings. The highest BCUT2D eigenvalue weighted by Crippen LogP contribution is 2.29. The molecule has 0 bridgehead atoms. The van der Waals surface area contributed by atoms with Crippen LogP contribution in [0.15, 0.2) is 12.4 Å². The number of carbonyl (C=O) groups excluding carboxylic acids is 4. The molecule has 2 saturated heterocycles. The van der Waals surface area contributed by atoms with Crippen LogP contribution < -0.4 is 10.6 Å². The van der Waals surface area contributed by atoms with Crippen molar-refractivity contribution in [3.8, 4) is 0 Å². The number of nitrogens with one attached hydrogen (secondary N) is 2. The van der Waals surface area contributed by atoms with Crippen molar-refractivity contribution in [2.75, 3.05) is 11.5 Å². The Kier molecular flexibility index (Phi) is 5.97. The van der Waals surface area contributed by atoms with E-state index in [9.17, 15) is 27.6 Å². The fourth-order valence-electron chi connectivity index (χ4n) is 2.65. The topological polar surface area (TPSA) is 188 Å². The molecule has 30 heavy (non-hydrogen) atoms. The molecule has 14 nitrogen and oxygen atoms in total. The molecule has 2 unspecified atom stereocenters. The van der Waals surface area contributed by atoms with E-state index in [4.69, 9.17) is 0 Å². The monoisotopic (exact) mass is 456 g/mol. The number of amides is 4. The number of hydrogen-bond acceptors (Lipinski definition) is 11. The highest BCUT2D eigenvalue weighted by atomic mass is 32.2. The molecular formula is C14H16N8O6S2. The number of hydrogen-bond donors (Lipinski definition) is 2. The molecule has 160 valence electrons. The average molecular weight is 456 g/mol. The van der Waals surface area contributed by atoms with Crippen molar-refractivity contribution in [3.63, 3.8) is 0 Å². The predicted octanol–water partition coefficient (Wildman–Crippen LogP) is -2.83. The molecule has 0 aromatic carbocycles. The number of thioether (sulfide) groups is 1. The van der Waals surface area contributed by atoms with E-state index in [2.05, 4.69) is 25.9 Å². The third-order valence-corrected chi connectivity index (χ3v) is 6.91. The van der Waals surface area contributed by atoms with Crippen molar-refractivity contribution in [2.45, 2.75) is 10.5 Å². The van der Waals surface area contributed by atoms with Crippen molar-refractivity contribution in [2.24, 2.45) is 14.1 Å². The molecular weight excluding hydrogens is 440 g/mol. The van der Waals surface area contributed by atoms with E-state index in [-0.39, 0.29) is 23.3 Å². The van der Waals surface area contributed by atoms with Crippen LogP contribution in [0.2, 0.25) is 0 Å². The molecule has 2 aliphatic rings. The Hall–Kier alpha value is -3.14. The standard InChI is InChI=1S/C7H8N4O4S.C7H8N4O2S/c1-11-2-4(9-10-11)6-7(13)8-5(12)3-16(6,14)15;1-11-2-4(9-10-11)6-7(13)8-5(12)3-14-6/h2,6H,3H2,1H3,(H,8,12,13);2,6H,3H2,1H3,(H,8,12,13). The first-order valence-electron chi connectivity index (χ1n) is 8.30. The summed E-state index contributed by atoms with van der Waals surface area (Å²) in [4.78, 5) is 44.6. The highest BCUT2D eigenvalue weighted by Gasteiger charge is 2.42. The first-order valence-corrected chi connectivity index (χ1v) is 11.1. The zero-order valence-electron chi connectivity index (χ0n) is 15.7. The van der Waals surface area contributed by atoms with Crippen LogP contribution in [0.25, 0.3) is 0 Å². The second-order valence-corrected chi connectivity index (χ2v) is 9.52. The highest BCUT2D eigenvalue weighted by molar-refractivity contribution is 8.01. The van der Waals surface area contributed by atoms with Crippen LogP contribution in [0.1, 0.15) is 21.9 Å². The van der Waals surface area contributed by atoms with Gasteiger partial charge >= 0.3 is 0 Å². The number of aryl methyl sites for hydroxylation is 2. The molecule has 2 atom stereocenters. The lowest BCUT2D eigenvalue weighted by atomic mass is 10.3. The lowest BCUT2D eigenvalue weighted by Gasteiger charge is -2.18. The van der Waals surface area contributed by atoms with Crippen LogP contribution >= 0.6 is 11.8 Å². The largest absolute Gasteiger partial charge is 0.294 e. The maximum Gasteiger partial charge on any atom is 0.251 e. The van der Waals surface area contributed by atoms with Gasteiger partial charge in [0.25, 0.3) is 5.91 Å². The fourth-order valence-corrected chi connectivity index (χ4v) is 5.00. The molecule has 0 spiro atoms. The second-order valence-electron chi connectivity index (χ2n) is 6.34. The Balaban J connectivity index is 0.000000172. The Morgan fingerprint density at radius 3 is 2.00 bits per heavy atom. The molecule has 2 fully saturated rings. The van der Waals surface area contributed by atoms with Gasteiger partial charge in [-0.15, -0.1) is 22.0 Å². The Bertz CT molecular complexity index is 1120. The molecule has 16 heteroatoms. The Labute approximate surface area is 173 Å². The third-order valence-electron chi connectivity index (χ3n) is 3.85. The number of rotatable bonds is 2. The summed E-state index contributed by atoms with van der Waals surface area (Å²) in [6, 6.07) is 0. The minimum atomic E-state index is -3.84. The van der Waals surface area contributed by atoms with Crippen molar-refractivity contribution in [3.05, 3.63) is 23.8 Å². The average Bonchev–Trinajstić information content (AvgIpc) is 3.22. The summed E-state index contributed by atoms with van der Waals surface area (Å²) in [5.74, 6) is -2.68. The van der Waals surface area contributed by atoms with E-state index in [1.165, 1.54) is 27.3 Å². The smallest absolute Gasteiger partial charge is 0.251 e. The lowest BCUT2D eigenvalue weighted by Crippen LogP contribution is -2.47. The normalized spacial score (nSPS) is 23.3. The molecule has 2 N–H and O–H groups in total. The van der Waals surface area contributed by atoms with Gasteiger partial charge in [0.15, 0.2) is 15.1 Å². The minimum Gasteiger partial charge on any atom is -0.294 e. The van der Waals surface area contributed by atoms with E-state index in [1.54, 1.807) is 20.3 Å². The zero-order valence-corrected chi connectivity index (χ0v) is 17.3. The summed E-state index contributed by atoms with van der Waals surface area (Å²) in [6.45, 7) is 0. The van der Waals surface area contributed by atoms with E-state index >= 15 is 0 Å². The fraction of sp³-hybridized carbons (Fsp3) is 0.429. The van der Waals surface area contributed by atoms with Crippen molar-refractivity contribution in [1.82, 2.24) is 40.6 Å². The zero-order chi connectivity index (χ0) is 22.1. The summed E-state index contributed by atoms with van der Waals surface area (Å²) >= 11 is 1.27. The first kappa shape index (κ1) is 21.6. The summed E-state index contributed by atoms with van der Waals surface area (Å²) < 4.78 is 26.1. The van der Waals surface area contributed by atoms with Gasteiger partial charge in [-0.3, -0.25) is 39.2 Å². The number of sulfone groups is 1. The van der Waals surface area contributed by atoms with Gasteiger partial charge in [0, 0.05) is 26.5 Å². The quantitative estimate of drug-likeness (QED) is 0.443. The van der Waals surface area contributed by atoms with Crippen molar-refractivity contribution < 1.29 is 27.6 Å². The lowest BCUT2D eigenvalue weighted by molar-refractivity contribution is -0.131. The van der Waals surface area contributed by atoms with Gasteiger partial charge in [-0.2, -0.15) is 0 Å². The maximum atomic E-state index is 11.7. The second kappa shape index (κ2) is 8.31.